The maximum absolute atomic E-state index is 13.9. The molecule has 2 fully saturated rings. The van der Waals surface area contributed by atoms with Crippen LogP contribution in [0.5, 0.6) is 0 Å². The maximum Gasteiger partial charge on any atom is 0.309 e. The van der Waals surface area contributed by atoms with E-state index in [1.807, 2.05) is 0 Å². The quantitative estimate of drug-likeness (QED) is 0.351. The Bertz CT molecular complexity index is 1290. The number of H-pyrrole nitrogens is 1. The lowest BCUT2D eigenvalue weighted by Crippen LogP contribution is -2.24. The third kappa shape index (κ3) is 4.95. The zero-order chi connectivity index (χ0) is 25.4. The first kappa shape index (κ1) is 24.3. The molecule has 1 N–H and O–H groups in total. The van der Waals surface area contributed by atoms with Crippen LogP contribution in [0.15, 0.2) is 47.9 Å². The van der Waals surface area contributed by atoms with Gasteiger partial charge in [0.05, 0.1) is 11.8 Å². The van der Waals surface area contributed by atoms with Gasteiger partial charge in [-0.25, -0.2) is 22.5 Å². The molecule has 1 heterocycles. The van der Waals surface area contributed by atoms with Gasteiger partial charge < -0.3 is 9.47 Å². The second-order valence-corrected chi connectivity index (χ2v) is 9.88. The number of carbonyl (C=O) groups is 2. The fourth-order valence-corrected chi connectivity index (χ4v) is 6.10. The van der Waals surface area contributed by atoms with Crippen molar-refractivity contribution in [3.05, 3.63) is 77.1 Å². The van der Waals surface area contributed by atoms with Gasteiger partial charge in [-0.2, -0.15) is 5.10 Å². The molecule has 2 saturated carbocycles. The largest absolute Gasteiger partial charge is 0.460 e. The van der Waals surface area contributed by atoms with Gasteiger partial charge in [0.15, 0.2) is 5.16 Å². The van der Waals surface area contributed by atoms with Crippen LogP contribution in [0.2, 0.25) is 0 Å². The highest BCUT2D eigenvalue weighted by Gasteiger charge is 2.68. The van der Waals surface area contributed by atoms with Gasteiger partial charge >= 0.3 is 11.9 Å². The first-order valence-corrected chi connectivity index (χ1v) is 11.9. The molecule has 7 nitrogen and oxygen atoms in total. The minimum atomic E-state index is -0.827. The fourth-order valence-electron chi connectivity index (χ4n) is 4.79. The van der Waals surface area contributed by atoms with E-state index in [0.29, 0.717) is 23.7 Å². The van der Waals surface area contributed by atoms with Crippen LogP contribution < -0.4 is 0 Å². The summed E-state index contributed by atoms with van der Waals surface area (Å²) < 4.78 is 64.7. The van der Waals surface area contributed by atoms with E-state index in [1.165, 1.54) is 30.2 Å². The number of fused-ring (bicyclic) bond motifs is 1. The van der Waals surface area contributed by atoms with Crippen molar-refractivity contribution in [2.75, 3.05) is 0 Å². The summed E-state index contributed by atoms with van der Waals surface area (Å²) in [5, 5.41) is 6.88. The molecule has 5 atom stereocenters. The van der Waals surface area contributed by atoms with E-state index in [1.54, 1.807) is 0 Å². The molecule has 5 rings (SSSR count). The van der Waals surface area contributed by atoms with Crippen molar-refractivity contribution in [3.63, 3.8) is 0 Å². The van der Waals surface area contributed by atoms with Crippen LogP contribution in [0.3, 0.4) is 0 Å². The molecule has 1 aromatic heterocycles. The molecule has 5 unspecified atom stereocenters. The van der Waals surface area contributed by atoms with Gasteiger partial charge in [-0.05, 0) is 42.5 Å². The second kappa shape index (κ2) is 9.92. The van der Waals surface area contributed by atoms with E-state index < -0.39 is 47.0 Å². The molecular formula is C24H19F4N3O4S. The van der Waals surface area contributed by atoms with Crippen molar-refractivity contribution in [3.8, 4) is 0 Å². The number of nitrogens with one attached hydrogen (secondary N) is 1. The summed E-state index contributed by atoms with van der Waals surface area (Å²) in [6.45, 7) is -0.753. The number of halogens is 4. The smallest absolute Gasteiger partial charge is 0.309 e. The Hall–Kier alpha value is -3.41. The lowest BCUT2D eigenvalue weighted by molar-refractivity contribution is -0.152. The van der Waals surface area contributed by atoms with E-state index in [9.17, 15) is 27.2 Å². The van der Waals surface area contributed by atoms with Crippen molar-refractivity contribution in [1.29, 1.82) is 0 Å². The minimum absolute atomic E-state index is 0.0277. The number of carbonyl (C=O) groups excluding carboxylic acids is 2. The van der Waals surface area contributed by atoms with Gasteiger partial charge in [-0.3, -0.25) is 14.7 Å². The Kier molecular flexibility index (Phi) is 6.69. The molecule has 0 saturated heterocycles. The first-order chi connectivity index (χ1) is 17.3. The highest BCUT2D eigenvalue weighted by Crippen LogP contribution is 2.64. The third-order valence-corrected chi connectivity index (χ3v) is 7.74. The van der Waals surface area contributed by atoms with Crippen LogP contribution in [-0.4, -0.2) is 32.4 Å². The van der Waals surface area contributed by atoms with Crippen molar-refractivity contribution in [1.82, 2.24) is 15.2 Å². The van der Waals surface area contributed by atoms with Crippen LogP contribution in [-0.2, 0) is 32.3 Å². The number of thioether (sulfide) groups is 1. The van der Waals surface area contributed by atoms with Crippen LogP contribution in [0, 0.1) is 46.9 Å². The molecule has 36 heavy (non-hydrogen) atoms. The van der Waals surface area contributed by atoms with Gasteiger partial charge in [-0.15, -0.1) is 0 Å². The Balaban J connectivity index is 1.26. The topological polar surface area (TPSA) is 94.2 Å². The molecule has 3 aromatic rings. The molecule has 2 aliphatic carbocycles. The summed E-state index contributed by atoms with van der Waals surface area (Å²) in [4.78, 5) is 29.8. The highest BCUT2D eigenvalue weighted by molar-refractivity contribution is 7.99. The van der Waals surface area contributed by atoms with Gasteiger partial charge in [0, 0.05) is 28.5 Å². The number of hydrogen-bond donors (Lipinski definition) is 1. The molecule has 0 radical (unpaired) electrons. The lowest BCUT2D eigenvalue weighted by atomic mass is 10.00. The molecule has 0 aliphatic heterocycles. The summed E-state index contributed by atoms with van der Waals surface area (Å²) >= 11 is 1.34. The minimum Gasteiger partial charge on any atom is -0.460 e. The number of ether oxygens (including phenoxy) is 2. The predicted octanol–water partition coefficient (Wildman–Crippen LogP) is 4.19. The summed E-state index contributed by atoms with van der Waals surface area (Å²) in [6.07, 6.45) is 1.73. The van der Waals surface area contributed by atoms with Crippen LogP contribution in [0.1, 0.15) is 17.5 Å². The average Bonchev–Trinajstić information content (AvgIpc) is 3.15. The molecular weight excluding hydrogens is 502 g/mol. The predicted molar refractivity (Wildman–Crippen MR) is 117 cm³/mol. The maximum atomic E-state index is 13.9. The Morgan fingerprint density at radius 2 is 1.53 bits per heavy atom. The number of aromatic nitrogens is 3. The molecule has 0 bridgehead atoms. The van der Waals surface area contributed by atoms with Crippen molar-refractivity contribution in [2.24, 2.45) is 23.7 Å². The molecule has 2 aromatic carbocycles. The molecule has 0 spiro atoms. The summed E-state index contributed by atoms with van der Waals surface area (Å²) in [5.74, 6) is -6.21. The van der Waals surface area contributed by atoms with E-state index in [4.69, 9.17) is 9.47 Å². The van der Waals surface area contributed by atoms with Gasteiger partial charge in [-0.1, -0.05) is 11.8 Å². The standard InChI is InChI=1S/C24H19F4N3O4S/c25-13-3-1-11(16(27)5-13)8-34-22(32)15-7-18(36-24-29-10-30-31-24)20-19(15)21(20)23(33)35-9-12-2-4-14(26)6-17(12)28/h1-6,10,15,18-21H,7-9H2,(H,29,30,31). The number of esters is 2. The monoisotopic (exact) mass is 521 g/mol. The average molecular weight is 521 g/mol. The van der Waals surface area contributed by atoms with Crippen LogP contribution in [0.4, 0.5) is 17.6 Å². The Morgan fingerprint density at radius 3 is 2.08 bits per heavy atom. The Labute approximate surface area is 206 Å². The van der Waals surface area contributed by atoms with Crippen molar-refractivity contribution >= 4 is 23.7 Å². The SMILES string of the molecule is O=C(OCc1ccc(F)cc1F)C1CC(Sc2ncn[nH]2)C2C(C(=O)OCc3ccc(F)cc3F)C12. The van der Waals surface area contributed by atoms with E-state index >= 15 is 0 Å². The zero-order valence-corrected chi connectivity index (χ0v) is 19.3. The summed E-state index contributed by atoms with van der Waals surface area (Å²) in [6, 6.07) is 5.94. The van der Waals surface area contributed by atoms with Crippen molar-refractivity contribution in [2.45, 2.75) is 30.0 Å². The third-order valence-electron chi connectivity index (χ3n) is 6.51. The van der Waals surface area contributed by atoms with Crippen LogP contribution >= 0.6 is 11.8 Å². The van der Waals surface area contributed by atoms with E-state index in [0.717, 1.165) is 12.1 Å². The molecule has 12 heteroatoms. The number of nitrogens with zero attached hydrogens (tertiary/aromatic N) is 2. The Morgan fingerprint density at radius 1 is 0.917 bits per heavy atom. The fraction of sp³-hybridized carbons (Fsp3) is 0.333. The van der Waals surface area contributed by atoms with Gasteiger partial charge in [0.1, 0.15) is 42.8 Å². The summed E-state index contributed by atoms with van der Waals surface area (Å²) in [7, 11) is 0. The molecule has 0 amide bonds. The van der Waals surface area contributed by atoms with Gasteiger partial charge in [0.25, 0.3) is 0 Å². The lowest BCUT2D eigenvalue weighted by Gasteiger charge is -2.18. The molecule has 188 valence electrons. The molecule has 2 aliphatic rings. The van der Waals surface area contributed by atoms with Crippen molar-refractivity contribution < 1.29 is 36.6 Å². The van der Waals surface area contributed by atoms with E-state index in [-0.39, 0.29) is 41.4 Å². The number of rotatable bonds is 8. The normalized spacial score (nSPS) is 24.3. The first-order valence-electron chi connectivity index (χ1n) is 11.0. The zero-order valence-electron chi connectivity index (χ0n) is 18.5. The summed E-state index contributed by atoms with van der Waals surface area (Å²) in [5.41, 5.74) is 0.0559. The van der Waals surface area contributed by atoms with E-state index in [2.05, 4.69) is 15.2 Å². The van der Waals surface area contributed by atoms with Gasteiger partial charge in [0.2, 0.25) is 0 Å². The second-order valence-electron chi connectivity index (χ2n) is 8.66. The highest BCUT2D eigenvalue weighted by atomic mass is 32.2. The number of benzene rings is 2. The van der Waals surface area contributed by atoms with Crippen LogP contribution in [0.25, 0.3) is 0 Å². The number of hydrogen-bond acceptors (Lipinski definition) is 7. The number of aromatic amines is 1.